The Labute approximate surface area is 139 Å². The molecule has 0 unspecified atom stereocenters. The molecule has 2 aromatic carbocycles. The minimum absolute atomic E-state index is 0.0510. The van der Waals surface area contributed by atoms with Gasteiger partial charge in [-0.25, -0.2) is 4.98 Å². The molecular weight excluding hydrogens is 304 g/mol. The largest absolute Gasteiger partial charge is 0.301 e. The van der Waals surface area contributed by atoms with Crippen molar-refractivity contribution in [2.45, 2.75) is 36.6 Å². The maximum Gasteiger partial charge on any atom is 0.254 e. The third-order valence-corrected chi connectivity index (χ3v) is 5.34. The highest BCUT2D eigenvalue weighted by Crippen LogP contribution is 2.26. The predicted molar refractivity (Wildman–Crippen MR) is 95.0 cm³/mol. The number of nitrogens with one attached hydrogen (secondary N) is 1. The molecule has 0 aliphatic heterocycles. The van der Waals surface area contributed by atoms with Gasteiger partial charge in [-0.15, -0.1) is 0 Å². The number of aromatic nitrogens is 2. The molecule has 1 aromatic heterocycles. The number of fused-ring (bicyclic) bond motifs is 2. The van der Waals surface area contributed by atoms with Gasteiger partial charge in [0.1, 0.15) is 0 Å². The summed E-state index contributed by atoms with van der Waals surface area (Å²) in [5.41, 5.74) is 3.22. The Morgan fingerprint density at radius 2 is 1.87 bits per heavy atom. The van der Waals surface area contributed by atoms with Crippen LogP contribution in [0.3, 0.4) is 0 Å². The third-order valence-electron chi connectivity index (χ3n) is 4.41. The maximum atomic E-state index is 12.2. The fourth-order valence-electron chi connectivity index (χ4n) is 3.21. The van der Waals surface area contributed by atoms with E-state index in [9.17, 15) is 4.79 Å². The molecule has 0 fully saturated rings. The Morgan fingerprint density at radius 1 is 1.04 bits per heavy atom. The molecular formula is C19H18N2OS. The first kappa shape index (κ1) is 14.5. The smallest absolute Gasteiger partial charge is 0.254 e. The van der Waals surface area contributed by atoms with Crippen LogP contribution in [0.4, 0.5) is 0 Å². The second-order valence-corrected chi connectivity index (χ2v) is 6.89. The molecule has 116 valence electrons. The van der Waals surface area contributed by atoms with Crippen molar-refractivity contribution in [2.24, 2.45) is 0 Å². The SMILES string of the molecule is O=c1[nH]c(SCc2cccc3ccccc23)nc2c1CCCC2. The Bertz CT molecular complexity index is 911. The van der Waals surface area contributed by atoms with E-state index in [1.165, 1.54) is 16.3 Å². The van der Waals surface area contributed by atoms with Gasteiger partial charge in [0.15, 0.2) is 5.16 Å². The van der Waals surface area contributed by atoms with Crippen LogP contribution in [0.15, 0.2) is 52.4 Å². The first-order chi connectivity index (χ1) is 11.3. The van der Waals surface area contributed by atoms with Crippen molar-refractivity contribution in [3.05, 3.63) is 69.6 Å². The quantitative estimate of drug-likeness (QED) is 0.583. The monoisotopic (exact) mass is 322 g/mol. The number of hydrogen-bond donors (Lipinski definition) is 1. The van der Waals surface area contributed by atoms with Crippen molar-refractivity contribution in [1.82, 2.24) is 9.97 Å². The lowest BCUT2D eigenvalue weighted by atomic mass is 9.97. The van der Waals surface area contributed by atoms with Crippen LogP contribution < -0.4 is 5.56 Å². The zero-order chi connectivity index (χ0) is 15.6. The van der Waals surface area contributed by atoms with E-state index < -0.39 is 0 Å². The molecule has 1 heterocycles. The minimum atomic E-state index is 0.0510. The van der Waals surface area contributed by atoms with E-state index >= 15 is 0 Å². The van der Waals surface area contributed by atoms with E-state index in [1.807, 2.05) is 0 Å². The molecule has 23 heavy (non-hydrogen) atoms. The van der Waals surface area contributed by atoms with E-state index in [2.05, 4.69) is 52.4 Å². The zero-order valence-electron chi connectivity index (χ0n) is 12.8. The molecule has 0 saturated carbocycles. The molecule has 4 heteroatoms. The molecule has 0 bridgehead atoms. The van der Waals surface area contributed by atoms with E-state index in [0.717, 1.165) is 47.8 Å². The highest BCUT2D eigenvalue weighted by atomic mass is 32.2. The zero-order valence-corrected chi connectivity index (χ0v) is 13.7. The number of rotatable bonds is 3. The molecule has 0 spiro atoms. The second kappa shape index (κ2) is 6.20. The molecule has 0 amide bonds. The molecule has 3 nitrogen and oxygen atoms in total. The van der Waals surface area contributed by atoms with Gasteiger partial charge in [-0.3, -0.25) is 4.79 Å². The summed E-state index contributed by atoms with van der Waals surface area (Å²) in [7, 11) is 0. The topological polar surface area (TPSA) is 45.8 Å². The van der Waals surface area contributed by atoms with Crippen LogP contribution >= 0.6 is 11.8 Å². The van der Waals surface area contributed by atoms with Crippen LogP contribution in [0.1, 0.15) is 29.7 Å². The lowest BCUT2D eigenvalue weighted by Crippen LogP contribution is -2.21. The molecule has 0 radical (unpaired) electrons. The molecule has 4 rings (SSSR count). The second-order valence-electron chi connectivity index (χ2n) is 5.93. The molecule has 3 aromatic rings. The van der Waals surface area contributed by atoms with E-state index in [1.54, 1.807) is 11.8 Å². The van der Waals surface area contributed by atoms with Gasteiger partial charge < -0.3 is 4.98 Å². The Balaban J connectivity index is 1.61. The number of aromatic amines is 1. The van der Waals surface area contributed by atoms with Gasteiger partial charge in [-0.2, -0.15) is 0 Å². The number of aryl methyl sites for hydroxylation is 1. The number of nitrogens with zero attached hydrogens (tertiary/aromatic N) is 1. The molecule has 0 saturated heterocycles. The van der Waals surface area contributed by atoms with Crippen molar-refractivity contribution in [3.8, 4) is 0 Å². The highest BCUT2D eigenvalue weighted by molar-refractivity contribution is 7.98. The standard InChI is InChI=1S/C19H18N2OS/c22-18-16-10-3-4-11-17(16)20-19(21-18)23-12-14-8-5-7-13-6-1-2-9-15(13)14/h1-2,5-9H,3-4,10-12H2,(H,20,21,22). The molecule has 0 atom stereocenters. The normalized spacial score (nSPS) is 13.9. The van der Waals surface area contributed by atoms with Gasteiger partial charge in [0.05, 0.1) is 5.69 Å². The van der Waals surface area contributed by atoms with Crippen LogP contribution in [0, 0.1) is 0 Å². The fourth-order valence-corrected chi connectivity index (χ4v) is 4.10. The highest BCUT2D eigenvalue weighted by Gasteiger charge is 2.15. The number of hydrogen-bond acceptors (Lipinski definition) is 3. The number of benzene rings is 2. The van der Waals surface area contributed by atoms with Gasteiger partial charge in [0.25, 0.3) is 5.56 Å². The number of H-pyrrole nitrogens is 1. The van der Waals surface area contributed by atoms with E-state index in [0.29, 0.717) is 0 Å². The Kier molecular flexibility index (Phi) is 3.92. The first-order valence-corrected chi connectivity index (χ1v) is 9.01. The molecule has 1 N–H and O–H groups in total. The van der Waals surface area contributed by atoms with Crippen molar-refractivity contribution in [3.63, 3.8) is 0 Å². The summed E-state index contributed by atoms with van der Waals surface area (Å²) in [4.78, 5) is 19.8. The summed E-state index contributed by atoms with van der Waals surface area (Å²) in [5, 5.41) is 3.25. The summed E-state index contributed by atoms with van der Waals surface area (Å²) >= 11 is 1.61. The van der Waals surface area contributed by atoms with Crippen LogP contribution in [0.5, 0.6) is 0 Å². The van der Waals surface area contributed by atoms with Crippen LogP contribution in [-0.4, -0.2) is 9.97 Å². The first-order valence-electron chi connectivity index (χ1n) is 8.03. The predicted octanol–water partition coefficient (Wildman–Crippen LogP) is 4.09. The van der Waals surface area contributed by atoms with Crippen LogP contribution in [-0.2, 0) is 18.6 Å². The average Bonchev–Trinajstić information content (AvgIpc) is 2.60. The lowest BCUT2D eigenvalue weighted by molar-refractivity contribution is 0.641. The van der Waals surface area contributed by atoms with Gasteiger partial charge in [0, 0.05) is 11.3 Å². The Hall–Kier alpha value is -2.07. The van der Waals surface area contributed by atoms with Crippen molar-refractivity contribution in [2.75, 3.05) is 0 Å². The van der Waals surface area contributed by atoms with Gasteiger partial charge in [-0.1, -0.05) is 54.2 Å². The lowest BCUT2D eigenvalue weighted by Gasteiger charge is -2.14. The van der Waals surface area contributed by atoms with Crippen molar-refractivity contribution in [1.29, 1.82) is 0 Å². The molecule has 1 aliphatic rings. The van der Waals surface area contributed by atoms with Gasteiger partial charge >= 0.3 is 0 Å². The van der Waals surface area contributed by atoms with Gasteiger partial charge in [0.2, 0.25) is 0 Å². The summed E-state index contributed by atoms with van der Waals surface area (Å²) < 4.78 is 0. The van der Waals surface area contributed by atoms with E-state index in [-0.39, 0.29) is 5.56 Å². The van der Waals surface area contributed by atoms with Crippen molar-refractivity contribution < 1.29 is 0 Å². The molecule has 1 aliphatic carbocycles. The average molecular weight is 322 g/mol. The number of thioether (sulfide) groups is 1. The fraction of sp³-hybridized carbons (Fsp3) is 0.263. The van der Waals surface area contributed by atoms with Crippen LogP contribution in [0.25, 0.3) is 10.8 Å². The minimum Gasteiger partial charge on any atom is -0.301 e. The summed E-state index contributed by atoms with van der Waals surface area (Å²) in [6.07, 6.45) is 4.03. The van der Waals surface area contributed by atoms with Gasteiger partial charge in [-0.05, 0) is 42.0 Å². The third kappa shape index (κ3) is 2.91. The van der Waals surface area contributed by atoms with Crippen LogP contribution in [0.2, 0.25) is 0 Å². The van der Waals surface area contributed by atoms with Crippen molar-refractivity contribution >= 4 is 22.5 Å². The summed E-state index contributed by atoms with van der Waals surface area (Å²) in [6, 6.07) is 14.8. The Morgan fingerprint density at radius 3 is 2.83 bits per heavy atom. The summed E-state index contributed by atoms with van der Waals surface area (Å²) in [6.45, 7) is 0. The van der Waals surface area contributed by atoms with E-state index in [4.69, 9.17) is 0 Å². The summed E-state index contributed by atoms with van der Waals surface area (Å²) in [5.74, 6) is 0.809. The maximum absolute atomic E-state index is 12.2.